The Kier molecular flexibility index (Phi) is 8.07. The maximum Gasteiger partial charge on any atom is 0.346 e. The van der Waals surface area contributed by atoms with Crippen LogP contribution in [0.2, 0.25) is 36.3 Å². The van der Waals surface area contributed by atoms with Crippen molar-refractivity contribution in [2.24, 2.45) is 0 Å². The third-order valence-corrected chi connectivity index (χ3v) is 24.2. The summed E-state index contributed by atoms with van der Waals surface area (Å²) in [6.07, 6.45) is 0. The Balaban J connectivity index is 3.51. The minimum Gasteiger partial charge on any atom is -0.412 e. The van der Waals surface area contributed by atoms with Crippen LogP contribution in [0.4, 0.5) is 0 Å². The zero-order valence-electron chi connectivity index (χ0n) is 16.4. The highest BCUT2D eigenvalue weighted by Gasteiger charge is 2.58. The van der Waals surface area contributed by atoms with E-state index in [1.165, 1.54) is 0 Å². The van der Waals surface area contributed by atoms with Crippen LogP contribution >= 0.6 is 0 Å². The summed E-state index contributed by atoms with van der Waals surface area (Å²) in [5.74, 6) is 0. The van der Waals surface area contributed by atoms with Crippen molar-refractivity contribution in [2.45, 2.75) is 77.8 Å². The normalized spacial score (nSPS) is 32.6. The summed E-state index contributed by atoms with van der Waals surface area (Å²) in [4.78, 5) is 0. The van der Waals surface area contributed by atoms with E-state index in [-0.39, 0.29) is 0 Å². The minimum atomic E-state index is -2.53. The molecule has 0 aromatic rings. The van der Waals surface area contributed by atoms with Crippen molar-refractivity contribution in [2.75, 3.05) is 0 Å². The van der Waals surface area contributed by atoms with E-state index in [0.717, 1.165) is 36.3 Å². The number of hydrogen-bond donors (Lipinski definition) is 0. The monoisotopic (exact) mass is 404 g/mol. The van der Waals surface area contributed by atoms with Gasteiger partial charge < -0.3 is 16.5 Å². The highest BCUT2D eigenvalue weighted by molar-refractivity contribution is 6.97. The van der Waals surface area contributed by atoms with Gasteiger partial charge in [-0.3, -0.25) is 0 Å². The van der Waals surface area contributed by atoms with Gasteiger partial charge in [0.2, 0.25) is 0 Å². The second kappa shape index (κ2) is 8.72. The lowest BCUT2D eigenvalue weighted by atomic mass is 10.9. The largest absolute Gasteiger partial charge is 0.412 e. The third-order valence-electron chi connectivity index (χ3n) is 5.20. The molecule has 0 aromatic carbocycles. The molecule has 1 rings (SSSR count). The van der Waals surface area contributed by atoms with E-state index in [4.69, 9.17) is 16.5 Å². The summed E-state index contributed by atoms with van der Waals surface area (Å²) in [6, 6.07) is 5.29. The predicted octanol–water partition coefficient (Wildman–Crippen LogP) is 5.41. The summed E-state index contributed by atoms with van der Waals surface area (Å²) in [6.45, 7) is 21.1. The molecular formula is C16H36O4Si4. The predicted molar refractivity (Wildman–Crippen MR) is 111 cm³/mol. The first-order valence-corrected chi connectivity index (χ1v) is 18.1. The van der Waals surface area contributed by atoms with E-state index in [1.807, 2.05) is 11.4 Å². The summed E-state index contributed by atoms with van der Waals surface area (Å²) in [7, 11) is -9.87. The molecule has 8 heteroatoms. The van der Waals surface area contributed by atoms with E-state index in [0.29, 0.717) is 0 Å². The Labute approximate surface area is 153 Å². The fourth-order valence-corrected chi connectivity index (χ4v) is 25.2. The van der Waals surface area contributed by atoms with Gasteiger partial charge in [-0.2, -0.15) is 0 Å². The van der Waals surface area contributed by atoms with Gasteiger partial charge in [0.25, 0.3) is 0 Å². The fourth-order valence-electron chi connectivity index (χ4n) is 3.16. The molecule has 0 aromatic heterocycles. The van der Waals surface area contributed by atoms with E-state index in [9.17, 15) is 0 Å². The van der Waals surface area contributed by atoms with Gasteiger partial charge in [-0.1, -0.05) is 52.9 Å². The molecule has 24 heavy (non-hydrogen) atoms. The van der Waals surface area contributed by atoms with Crippen molar-refractivity contribution >= 4 is 34.2 Å². The summed E-state index contributed by atoms with van der Waals surface area (Å²) in [5.41, 5.74) is 3.91. The van der Waals surface area contributed by atoms with Crippen molar-refractivity contribution in [3.63, 3.8) is 0 Å². The van der Waals surface area contributed by atoms with Crippen LogP contribution in [0, 0.1) is 0 Å². The summed E-state index contributed by atoms with van der Waals surface area (Å²) < 4.78 is 27.4. The van der Waals surface area contributed by atoms with Gasteiger partial charge in [-0.05, 0) is 36.3 Å². The first-order valence-electron chi connectivity index (χ1n) is 9.39. The van der Waals surface area contributed by atoms with E-state index in [2.05, 4.69) is 54.7 Å². The van der Waals surface area contributed by atoms with Crippen LogP contribution in [-0.2, 0) is 16.5 Å². The van der Waals surface area contributed by atoms with Crippen LogP contribution < -0.4 is 0 Å². The molecule has 0 atom stereocenters. The van der Waals surface area contributed by atoms with Crippen LogP contribution in [-0.4, -0.2) is 34.2 Å². The molecule has 4 nitrogen and oxygen atoms in total. The quantitative estimate of drug-likeness (QED) is 0.507. The lowest BCUT2D eigenvalue weighted by Gasteiger charge is -2.51. The smallest absolute Gasteiger partial charge is 0.346 e. The number of rotatable bonds is 8. The molecule has 0 spiro atoms. The topological polar surface area (TPSA) is 36.9 Å². The molecule has 1 aliphatic heterocycles. The molecule has 1 saturated heterocycles. The van der Waals surface area contributed by atoms with Crippen LogP contribution in [0.5, 0.6) is 0 Å². The molecule has 0 aliphatic carbocycles. The molecule has 0 amide bonds. The molecule has 0 unspecified atom stereocenters. The van der Waals surface area contributed by atoms with Crippen molar-refractivity contribution in [1.29, 1.82) is 0 Å². The van der Waals surface area contributed by atoms with Gasteiger partial charge in [0.05, 0.1) is 0 Å². The standard InChI is InChI=1S/C16H36O4Si4/c1-9-21(10-2)17-22(11-3,12-4)19-24(15-7,16-8)20-23(13-5,14-6)18-21/h9,15H,1,7,10-14,16H2,2-6,8H3. The lowest BCUT2D eigenvalue weighted by Crippen LogP contribution is -2.68. The molecule has 0 N–H and O–H groups in total. The zero-order chi connectivity index (χ0) is 18.5. The average Bonchev–Trinajstić information content (AvgIpc) is 2.63. The van der Waals surface area contributed by atoms with Gasteiger partial charge in [0, 0.05) is 0 Å². The highest BCUT2D eigenvalue weighted by Crippen LogP contribution is 2.39. The van der Waals surface area contributed by atoms with Crippen LogP contribution in [0.3, 0.4) is 0 Å². The summed E-state index contributed by atoms with van der Waals surface area (Å²) in [5, 5.41) is 0. The van der Waals surface area contributed by atoms with Gasteiger partial charge in [0.15, 0.2) is 0 Å². The Morgan fingerprint density at radius 2 is 0.792 bits per heavy atom. The second-order valence-electron chi connectivity index (χ2n) is 6.38. The molecular weight excluding hydrogens is 369 g/mol. The Bertz CT molecular complexity index is 380. The van der Waals surface area contributed by atoms with E-state index < -0.39 is 34.2 Å². The molecule has 1 aliphatic rings. The van der Waals surface area contributed by atoms with Gasteiger partial charge in [-0.25, -0.2) is 0 Å². The van der Waals surface area contributed by atoms with Crippen LogP contribution in [0.25, 0.3) is 0 Å². The van der Waals surface area contributed by atoms with Crippen LogP contribution in [0.15, 0.2) is 24.6 Å². The van der Waals surface area contributed by atoms with Crippen molar-refractivity contribution in [3.8, 4) is 0 Å². The molecule has 140 valence electrons. The first-order chi connectivity index (χ1) is 11.3. The van der Waals surface area contributed by atoms with E-state index >= 15 is 0 Å². The molecule has 0 saturated carbocycles. The molecule has 0 bridgehead atoms. The maximum atomic E-state index is 6.84. The Morgan fingerprint density at radius 1 is 0.542 bits per heavy atom. The van der Waals surface area contributed by atoms with Crippen molar-refractivity contribution in [1.82, 2.24) is 0 Å². The van der Waals surface area contributed by atoms with Gasteiger partial charge in [0.1, 0.15) is 0 Å². The average molecular weight is 405 g/mol. The highest BCUT2D eigenvalue weighted by atomic mass is 28.5. The van der Waals surface area contributed by atoms with Crippen molar-refractivity contribution in [3.05, 3.63) is 24.6 Å². The van der Waals surface area contributed by atoms with Crippen molar-refractivity contribution < 1.29 is 16.5 Å². The number of hydrogen-bond acceptors (Lipinski definition) is 4. The summed E-state index contributed by atoms with van der Waals surface area (Å²) >= 11 is 0. The second-order valence-corrected chi connectivity index (χ2v) is 21.6. The zero-order valence-corrected chi connectivity index (χ0v) is 20.4. The minimum absolute atomic E-state index is 0.849. The van der Waals surface area contributed by atoms with Crippen LogP contribution in [0.1, 0.15) is 41.5 Å². The fraction of sp³-hybridized carbons (Fsp3) is 0.750. The Hall–Kier alpha value is 0.188. The molecule has 0 radical (unpaired) electrons. The van der Waals surface area contributed by atoms with Gasteiger partial charge in [-0.15, -0.1) is 13.2 Å². The maximum absolute atomic E-state index is 6.84. The van der Waals surface area contributed by atoms with Gasteiger partial charge >= 0.3 is 34.2 Å². The van der Waals surface area contributed by atoms with E-state index in [1.54, 1.807) is 0 Å². The molecule has 1 fully saturated rings. The first kappa shape index (κ1) is 22.2. The third kappa shape index (κ3) is 4.29. The SMILES string of the molecule is C=C[Si]1(CC)O[Si](CC)(CC)O[Si](C=C)(CC)O[Si](CC)(CC)O1. The lowest BCUT2D eigenvalue weighted by molar-refractivity contribution is 0.224. The Morgan fingerprint density at radius 3 is 0.917 bits per heavy atom. The molecule has 1 heterocycles.